The molecule has 5 nitrogen and oxygen atoms in total. The Bertz CT molecular complexity index is 587. The van der Waals surface area contributed by atoms with Gasteiger partial charge in [-0.1, -0.05) is 17.3 Å². The molecule has 0 bridgehead atoms. The average molecular weight is 243 g/mol. The maximum Gasteiger partial charge on any atom is 0.248 e. The fourth-order valence-electron chi connectivity index (χ4n) is 1.40. The molecule has 1 heterocycles. The summed E-state index contributed by atoms with van der Waals surface area (Å²) in [6.45, 7) is 1.81. The second-order valence-electron chi connectivity index (χ2n) is 3.78. The SMILES string of the molecule is Cc1cc(C=CC(=O)Nc2ccccc2N)on1. The molecule has 0 aliphatic heterocycles. The second-order valence-corrected chi connectivity index (χ2v) is 3.78. The van der Waals surface area contributed by atoms with Gasteiger partial charge in [0.15, 0.2) is 5.76 Å². The summed E-state index contributed by atoms with van der Waals surface area (Å²) in [5.74, 6) is 0.255. The van der Waals surface area contributed by atoms with Gasteiger partial charge in [-0.05, 0) is 25.1 Å². The third-order valence-corrected chi connectivity index (χ3v) is 2.26. The molecule has 0 saturated carbocycles. The quantitative estimate of drug-likeness (QED) is 0.639. The lowest BCUT2D eigenvalue weighted by molar-refractivity contribution is -0.111. The number of para-hydroxylation sites is 2. The molecule has 0 aliphatic carbocycles. The molecule has 0 aliphatic rings. The zero-order valence-corrected chi connectivity index (χ0v) is 9.88. The van der Waals surface area contributed by atoms with Crippen molar-refractivity contribution in [1.29, 1.82) is 0 Å². The third-order valence-electron chi connectivity index (χ3n) is 2.26. The molecular weight excluding hydrogens is 230 g/mol. The number of amides is 1. The molecule has 0 atom stereocenters. The number of hydrogen-bond acceptors (Lipinski definition) is 4. The van der Waals surface area contributed by atoms with Crippen LogP contribution in [0.4, 0.5) is 11.4 Å². The Balaban J connectivity index is 2.01. The van der Waals surface area contributed by atoms with Crippen molar-refractivity contribution in [3.05, 3.63) is 47.9 Å². The molecular formula is C13H13N3O2. The number of aryl methyl sites for hydroxylation is 1. The summed E-state index contributed by atoms with van der Waals surface area (Å²) in [4.78, 5) is 11.6. The lowest BCUT2D eigenvalue weighted by Crippen LogP contribution is -2.09. The lowest BCUT2D eigenvalue weighted by Gasteiger charge is -2.04. The van der Waals surface area contributed by atoms with Gasteiger partial charge in [0, 0.05) is 12.1 Å². The van der Waals surface area contributed by atoms with E-state index in [1.807, 2.05) is 6.92 Å². The van der Waals surface area contributed by atoms with Crippen LogP contribution in [0.1, 0.15) is 11.5 Å². The molecule has 92 valence electrons. The minimum atomic E-state index is -0.276. The molecule has 5 heteroatoms. The first kappa shape index (κ1) is 11.9. The number of benzene rings is 1. The molecule has 3 N–H and O–H groups in total. The lowest BCUT2D eigenvalue weighted by atomic mass is 10.2. The largest absolute Gasteiger partial charge is 0.397 e. The number of nitrogen functional groups attached to an aromatic ring is 1. The van der Waals surface area contributed by atoms with Crippen LogP contribution >= 0.6 is 0 Å². The minimum absolute atomic E-state index is 0.276. The number of nitrogens with zero attached hydrogens (tertiary/aromatic N) is 1. The van der Waals surface area contributed by atoms with Crippen LogP contribution in [0.15, 0.2) is 40.9 Å². The van der Waals surface area contributed by atoms with Crippen molar-refractivity contribution in [2.45, 2.75) is 6.92 Å². The van der Waals surface area contributed by atoms with Gasteiger partial charge in [0.25, 0.3) is 0 Å². The molecule has 1 aromatic heterocycles. The Morgan fingerprint density at radius 3 is 2.89 bits per heavy atom. The van der Waals surface area contributed by atoms with Gasteiger partial charge in [0.1, 0.15) is 0 Å². The van der Waals surface area contributed by atoms with Gasteiger partial charge in [-0.3, -0.25) is 4.79 Å². The predicted octanol–water partition coefficient (Wildman–Crippen LogP) is 2.22. The van der Waals surface area contributed by atoms with E-state index in [-0.39, 0.29) is 5.91 Å². The number of nitrogens with one attached hydrogen (secondary N) is 1. The average Bonchev–Trinajstić information content (AvgIpc) is 2.76. The first-order chi connectivity index (χ1) is 8.65. The van der Waals surface area contributed by atoms with Crippen molar-refractivity contribution in [1.82, 2.24) is 5.16 Å². The zero-order valence-electron chi connectivity index (χ0n) is 9.88. The summed E-state index contributed by atoms with van der Waals surface area (Å²) >= 11 is 0. The van der Waals surface area contributed by atoms with Gasteiger partial charge in [-0.2, -0.15) is 0 Å². The summed E-state index contributed by atoms with van der Waals surface area (Å²) in [5.41, 5.74) is 7.59. The molecule has 0 unspecified atom stereocenters. The van der Waals surface area contributed by atoms with E-state index in [0.717, 1.165) is 5.69 Å². The number of anilines is 2. The summed E-state index contributed by atoms with van der Waals surface area (Å²) in [5, 5.41) is 6.39. The number of carbonyl (C=O) groups excluding carboxylic acids is 1. The van der Waals surface area contributed by atoms with Gasteiger partial charge < -0.3 is 15.6 Å². The predicted molar refractivity (Wildman–Crippen MR) is 69.8 cm³/mol. The second kappa shape index (κ2) is 5.18. The van der Waals surface area contributed by atoms with E-state index in [1.165, 1.54) is 6.08 Å². The van der Waals surface area contributed by atoms with Gasteiger partial charge >= 0.3 is 0 Å². The van der Waals surface area contributed by atoms with E-state index >= 15 is 0 Å². The highest BCUT2D eigenvalue weighted by atomic mass is 16.5. The van der Waals surface area contributed by atoms with Crippen molar-refractivity contribution in [3.8, 4) is 0 Å². The highest BCUT2D eigenvalue weighted by molar-refractivity contribution is 6.03. The summed E-state index contributed by atoms with van der Waals surface area (Å²) in [7, 11) is 0. The van der Waals surface area contributed by atoms with E-state index < -0.39 is 0 Å². The van der Waals surface area contributed by atoms with Crippen LogP contribution in [0.3, 0.4) is 0 Å². The third kappa shape index (κ3) is 2.98. The molecule has 2 aromatic rings. The van der Waals surface area contributed by atoms with Crippen LogP contribution in [0.25, 0.3) is 6.08 Å². The van der Waals surface area contributed by atoms with Crippen LogP contribution in [-0.4, -0.2) is 11.1 Å². The Kier molecular flexibility index (Phi) is 3.43. The van der Waals surface area contributed by atoms with Gasteiger partial charge in [0.2, 0.25) is 5.91 Å². The molecule has 1 aromatic carbocycles. The molecule has 0 fully saturated rings. The normalized spacial score (nSPS) is 10.7. The number of carbonyl (C=O) groups is 1. The first-order valence-corrected chi connectivity index (χ1v) is 5.42. The molecule has 0 spiro atoms. The van der Waals surface area contributed by atoms with Crippen LogP contribution in [0.2, 0.25) is 0 Å². The summed E-state index contributed by atoms with van der Waals surface area (Å²) in [6, 6.07) is 8.80. The van der Waals surface area contributed by atoms with Crippen molar-refractivity contribution >= 4 is 23.4 Å². The molecule has 0 radical (unpaired) electrons. The Morgan fingerprint density at radius 2 is 2.22 bits per heavy atom. The topological polar surface area (TPSA) is 81.2 Å². The van der Waals surface area contributed by atoms with Crippen molar-refractivity contribution in [2.75, 3.05) is 11.1 Å². The summed E-state index contributed by atoms with van der Waals surface area (Å²) < 4.78 is 4.95. The van der Waals surface area contributed by atoms with E-state index in [4.69, 9.17) is 10.3 Å². The standard InChI is InChI=1S/C13H13N3O2/c1-9-8-10(18-16-9)6-7-13(17)15-12-5-3-2-4-11(12)14/h2-8H,14H2,1H3,(H,15,17). The highest BCUT2D eigenvalue weighted by Crippen LogP contribution is 2.16. The van der Waals surface area contributed by atoms with Crippen molar-refractivity contribution < 1.29 is 9.32 Å². The molecule has 0 saturated heterocycles. The summed E-state index contributed by atoms with van der Waals surface area (Å²) in [6.07, 6.45) is 2.92. The maximum absolute atomic E-state index is 11.6. The van der Waals surface area contributed by atoms with E-state index in [9.17, 15) is 4.79 Å². The Labute approximate surface area is 104 Å². The van der Waals surface area contributed by atoms with E-state index in [1.54, 1.807) is 36.4 Å². The smallest absolute Gasteiger partial charge is 0.248 e. The number of hydrogen-bond donors (Lipinski definition) is 2. The fraction of sp³-hybridized carbons (Fsp3) is 0.0769. The Hall–Kier alpha value is -2.56. The monoisotopic (exact) mass is 243 g/mol. The first-order valence-electron chi connectivity index (χ1n) is 5.42. The van der Waals surface area contributed by atoms with Crippen LogP contribution in [-0.2, 0) is 4.79 Å². The number of aromatic nitrogens is 1. The number of rotatable bonds is 3. The van der Waals surface area contributed by atoms with Crippen LogP contribution in [0, 0.1) is 6.92 Å². The zero-order chi connectivity index (χ0) is 13.0. The van der Waals surface area contributed by atoms with Gasteiger partial charge in [0.05, 0.1) is 17.1 Å². The van der Waals surface area contributed by atoms with Crippen molar-refractivity contribution in [2.24, 2.45) is 0 Å². The minimum Gasteiger partial charge on any atom is -0.397 e. The van der Waals surface area contributed by atoms with Gasteiger partial charge in [-0.15, -0.1) is 0 Å². The molecule has 2 rings (SSSR count). The number of nitrogens with two attached hydrogens (primary N) is 1. The fourth-order valence-corrected chi connectivity index (χ4v) is 1.40. The van der Waals surface area contributed by atoms with E-state index in [0.29, 0.717) is 17.1 Å². The maximum atomic E-state index is 11.6. The molecule has 18 heavy (non-hydrogen) atoms. The highest BCUT2D eigenvalue weighted by Gasteiger charge is 2.01. The van der Waals surface area contributed by atoms with Gasteiger partial charge in [-0.25, -0.2) is 0 Å². The van der Waals surface area contributed by atoms with Crippen LogP contribution < -0.4 is 11.1 Å². The van der Waals surface area contributed by atoms with Crippen molar-refractivity contribution in [3.63, 3.8) is 0 Å². The van der Waals surface area contributed by atoms with E-state index in [2.05, 4.69) is 10.5 Å². The van der Waals surface area contributed by atoms with Crippen LogP contribution in [0.5, 0.6) is 0 Å². The Morgan fingerprint density at radius 1 is 1.44 bits per heavy atom. The molecule has 1 amide bonds.